The van der Waals surface area contributed by atoms with Crippen molar-refractivity contribution < 1.29 is 38.1 Å². The Hall–Kier alpha value is -4.30. The van der Waals surface area contributed by atoms with E-state index in [1.807, 2.05) is 45.0 Å². The number of hydrogen-bond acceptors (Lipinski definition) is 10. The number of benzene rings is 1. The predicted octanol–water partition coefficient (Wildman–Crippen LogP) is 6.58. The smallest absolute Gasteiger partial charge is 0.408 e. The third-order valence-corrected chi connectivity index (χ3v) is 13.8. The van der Waals surface area contributed by atoms with Crippen LogP contribution in [0.25, 0.3) is 10.9 Å². The van der Waals surface area contributed by atoms with Crippen molar-refractivity contribution in [3.05, 3.63) is 54.6 Å². The Bertz CT molecular complexity index is 1950. The molecule has 3 saturated carbocycles. The number of aromatic nitrogens is 1. The molecule has 2 bridgehead atoms. The predicted molar refractivity (Wildman–Crippen MR) is 227 cm³/mol. The zero-order valence-electron chi connectivity index (χ0n) is 35.2. The topological polar surface area (TPSA) is 157 Å². The highest BCUT2D eigenvalue weighted by Gasteiger charge is 2.61. The van der Waals surface area contributed by atoms with Gasteiger partial charge in [0.25, 0.3) is 5.91 Å². The molecule has 13 nitrogen and oxygen atoms in total. The molecule has 1 aromatic carbocycles. The number of ether oxygens (including phenoxy) is 4. The number of fused-ring (bicyclic) bond motifs is 5. The number of nitrogens with zero attached hydrogens (tertiary/aromatic N) is 2. The van der Waals surface area contributed by atoms with Gasteiger partial charge in [-0.1, -0.05) is 51.1 Å². The minimum Gasteiger partial charge on any atom is -0.492 e. The molecule has 2 aromatic rings. The highest BCUT2D eigenvalue weighted by molar-refractivity contribution is 7.99. The van der Waals surface area contributed by atoms with Gasteiger partial charge in [-0.3, -0.25) is 19.1 Å². The molecule has 3 heterocycles. The largest absolute Gasteiger partial charge is 0.492 e. The zero-order chi connectivity index (χ0) is 42.0. The van der Waals surface area contributed by atoms with Crippen LogP contribution in [-0.4, -0.2) is 95.1 Å². The number of allylic oxidation sites excluding steroid dienone is 2. The average molecular weight is 832 g/mol. The van der Waals surface area contributed by atoms with Crippen molar-refractivity contribution in [2.45, 2.75) is 133 Å². The van der Waals surface area contributed by atoms with Crippen LogP contribution in [0.1, 0.15) is 97.5 Å². The third kappa shape index (κ3) is 9.69. The molecular weight excluding hydrogens is 771 g/mol. The Morgan fingerprint density at radius 2 is 1.92 bits per heavy atom. The molecular formula is C45H61N5O8S. The third-order valence-electron chi connectivity index (χ3n) is 12.6. The number of nitrogens with one attached hydrogen (secondary N) is 3. The lowest BCUT2D eigenvalue weighted by molar-refractivity contribution is -0.143. The number of rotatable bonds is 11. The van der Waals surface area contributed by atoms with Gasteiger partial charge in [-0.2, -0.15) is 0 Å². The SMILES string of the molecule is C=C[C@@H]1C[C@]1(NC(=O)C1C[C@@H]2CN1C(=O)[C@H](C(C)(C)C)NC(=O)O[C@@H]1CCC[C@H]1CC/C=C/Cc1c(nc3ccccc3c1OCCCOC)O2)C(=O)NSC1(C)CC1. The number of carbonyl (C=O) groups excluding carboxylic acids is 4. The summed E-state index contributed by atoms with van der Waals surface area (Å²) < 4.78 is 27.7. The summed E-state index contributed by atoms with van der Waals surface area (Å²) in [6, 6.07) is 5.73. The lowest BCUT2D eigenvalue weighted by Crippen LogP contribution is -2.59. The van der Waals surface area contributed by atoms with Crippen molar-refractivity contribution in [3.8, 4) is 11.6 Å². The van der Waals surface area contributed by atoms with Crippen LogP contribution in [0.4, 0.5) is 4.79 Å². The highest BCUT2D eigenvalue weighted by Crippen LogP contribution is 2.49. The van der Waals surface area contributed by atoms with Crippen LogP contribution in [0.15, 0.2) is 49.1 Å². The Kier molecular flexibility index (Phi) is 12.9. The molecule has 1 unspecified atom stereocenters. The first-order valence-electron chi connectivity index (χ1n) is 21.3. The summed E-state index contributed by atoms with van der Waals surface area (Å²) in [5.41, 5.74) is -0.470. The van der Waals surface area contributed by atoms with Gasteiger partial charge in [-0.15, -0.1) is 6.58 Å². The van der Waals surface area contributed by atoms with Gasteiger partial charge < -0.3 is 34.5 Å². The molecule has 4 fully saturated rings. The number of alkyl carbamates (subject to hydrolysis) is 1. The molecule has 0 spiro atoms. The van der Waals surface area contributed by atoms with E-state index < -0.39 is 47.0 Å². The van der Waals surface area contributed by atoms with Gasteiger partial charge in [0.2, 0.25) is 17.7 Å². The first-order chi connectivity index (χ1) is 28.2. The molecule has 7 rings (SSSR count). The first-order valence-corrected chi connectivity index (χ1v) is 22.1. The van der Waals surface area contributed by atoms with E-state index in [-0.39, 0.29) is 41.6 Å². The van der Waals surface area contributed by atoms with Crippen molar-refractivity contribution in [2.24, 2.45) is 17.3 Å². The van der Waals surface area contributed by atoms with E-state index in [9.17, 15) is 19.2 Å². The van der Waals surface area contributed by atoms with Crippen LogP contribution in [0.3, 0.4) is 0 Å². The molecule has 4 amide bonds. The molecule has 5 aliphatic rings. The number of pyridine rings is 1. The maximum Gasteiger partial charge on any atom is 0.408 e. The number of carbonyl (C=O) groups is 4. The molecule has 2 aliphatic heterocycles. The zero-order valence-corrected chi connectivity index (χ0v) is 36.0. The van der Waals surface area contributed by atoms with Crippen molar-refractivity contribution in [1.29, 1.82) is 0 Å². The summed E-state index contributed by atoms with van der Waals surface area (Å²) in [6.07, 6.45) is 12.4. The van der Waals surface area contributed by atoms with Gasteiger partial charge in [0.05, 0.1) is 24.2 Å². The van der Waals surface area contributed by atoms with Gasteiger partial charge in [0, 0.05) is 42.6 Å². The summed E-state index contributed by atoms with van der Waals surface area (Å²) in [5, 5.41) is 6.84. The second-order valence-electron chi connectivity index (χ2n) is 18.2. The van der Waals surface area contributed by atoms with E-state index in [4.69, 9.17) is 23.9 Å². The number of para-hydroxylation sites is 1. The maximum atomic E-state index is 14.9. The van der Waals surface area contributed by atoms with E-state index in [0.29, 0.717) is 49.6 Å². The van der Waals surface area contributed by atoms with Crippen LogP contribution >= 0.6 is 11.9 Å². The van der Waals surface area contributed by atoms with Crippen LogP contribution < -0.4 is 24.8 Å². The van der Waals surface area contributed by atoms with Crippen molar-refractivity contribution in [3.63, 3.8) is 0 Å². The average Bonchev–Trinajstić information content (AvgIpc) is 4.00. The monoisotopic (exact) mass is 831 g/mol. The van der Waals surface area contributed by atoms with Crippen molar-refractivity contribution >= 4 is 46.7 Å². The van der Waals surface area contributed by atoms with Gasteiger partial charge >= 0.3 is 6.09 Å². The number of hydrogen-bond donors (Lipinski definition) is 3. The van der Waals surface area contributed by atoms with Crippen LogP contribution in [0.5, 0.6) is 11.6 Å². The fraction of sp³-hybridized carbons (Fsp3) is 0.622. The summed E-state index contributed by atoms with van der Waals surface area (Å²) in [7, 11) is 1.67. The molecule has 0 radical (unpaired) electrons. The molecule has 14 heteroatoms. The molecule has 1 aromatic heterocycles. The molecule has 3 N–H and O–H groups in total. The molecule has 59 heavy (non-hydrogen) atoms. The number of amides is 4. The molecule has 1 saturated heterocycles. The van der Waals surface area contributed by atoms with Crippen LogP contribution in [-0.2, 0) is 30.3 Å². The summed E-state index contributed by atoms with van der Waals surface area (Å²) in [6.45, 7) is 12.7. The standard InChI is InChI=1S/C45H61N5O8S/c1-7-29-26-45(29,41(53)49-59-44(5)21-22-44)48-38(51)34-25-30-27-50(34)40(52)37(43(2,3)4)47-42(54)58-35-20-13-16-28(35)15-9-8-10-18-32-36(56-24-14-23-55-6)31-17-11-12-19-33(31)46-39(32)57-30/h7-8,10-12,17,19,28-30,34-35,37H,1,9,13-16,18,20-27H2,2-6H3,(H,47,54)(H,48,51)(H,49,53)/b10-8+/t28-,29-,30-,34?,35-,37-,45-/m1/s1. The quantitative estimate of drug-likeness (QED) is 0.128. The Morgan fingerprint density at radius 1 is 1.12 bits per heavy atom. The van der Waals surface area contributed by atoms with E-state index in [2.05, 4.69) is 41.0 Å². The van der Waals surface area contributed by atoms with Crippen molar-refractivity contribution in [1.82, 2.24) is 25.2 Å². The van der Waals surface area contributed by atoms with Gasteiger partial charge in [0.15, 0.2) is 0 Å². The number of methoxy groups -OCH3 is 1. The summed E-state index contributed by atoms with van der Waals surface area (Å²) in [4.78, 5) is 63.4. The van der Waals surface area contributed by atoms with Crippen molar-refractivity contribution in [2.75, 3.05) is 26.9 Å². The van der Waals surface area contributed by atoms with E-state index in [1.165, 1.54) is 16.8 Å². The fourth-order valence-corrected chi connectivity index (χ4v) is 9.48. The summed E-state index contributed by atoms with van der Waals surface area (Å²) in [5.74, 6) is -0.221. The minimum absolute atomic E-state index is 0.00847. The first kappa shape index (κ1) is 42.8. The van der Waals surface area contributed by atoms with Gasteiger partial charge in [0.1, 0.15) is 35.6 Å². The van der Waals surface area contributed by atoms with Crippen LogP contribution in [0, 0.1) is 17.3 Å². The Labute approximate surface area is 352 Å². The maximum absolute atomic E-state index is 14.9. The van der Waals surface area contributed by atoms with Crippen LogP contribution in [0.2, 0.25) is 0 Å². The van der Waals surface area contributed by atoms with E-state index >= 15 is 0 Å². The normalized spacial score (nSPS) is 29.7. The lowest BCUT2D eigenvalue weighted by Gasteiger charge is -2.35. The molecule has 3 aliphatic carbocycles. The van der Waals surface area contributed by atoms with E-state index in [1.54, 1.807) is 13.2 Å². The molecule has 320 valence electrons. The minimum atomic E-state index is -1.19. The molecule has 7 atom stereocenters. The Morgan fingerprint density at radius 3 is 2.64 bits per heavy atom. The second kappa shape index (κ2) is 17.7. The van der Waals surface area contributed by atoms with Gasteiger partial charge in [-0.25, -0.2) is 9.78 Å². The highest BCUT2D eigenvalue weighted by atomic mass is 32.2. The Balaban J connectivity index is 1.25. The fourth-order valence-electron chi connectivity index (χ4n) is 8.65. The second-order valence-corrected chi connectivity index (χ2v) is 19.6. The summed E-state index contributed by atoms with van der Waals surface area (Å²) >= 11 is 1.39. The van der Waals surface area contributed by atoms with Gasteiger partial charge in [-0.05, 0) is 100 Å². The lowest BCUT2D eigenvalue weighted by atomic mass is 9.85. The van der Waals surface area contributed by atoms with E-state index in [0.717, 1.165) is 55.9 Å².